The Morgan fingerprint density at radius 2 is 2.17 bits per heavy atom. The van der Waals surface area contributed by atoms with Crippen molar-refractivity contribution in [1.29, 1.82) is 0 Å². The van der Waals surface area contributed by atoms with Gasteiger partial charge < -0.3 is 19.6 Å². The number of imidazole rings is 1. The number of ether oxygens (including phenoxy) is 2. The number of H-pyrrole nitrogens is 1. The van der Waals surface area contributed by atoms with Crippen molar-refractivity contribution >= 4 is 34.4 Å². The van der Waals surface area contributed by atoms with Gasteiger partial charge in [-0.25, -0.2) is 4.98 Å². The van der Waals surface area contributed by atoms with Crippen LogP contribution in [0.3, 0.4) is 0 Å². The molecule has 8 nitrogen and oxygen atoms in total. The molecule has 0 spiro atoms. The lowest BCUT2D eigenvalue weighted by atomic mass is 9.46. The summed E-state index contributed by atoms with van der Waals surface area (Å²) in [6, 6.07) is 1.85. The number of carbonyl (C=O) groups excluding carboxylic acids is 2. The zero-order valence-electron chi connectivity index (χ0n) is 23.3. The highest BCUT2D eigenvalue weighted by atomic mass is 32.2. The maximum atomic E-state index is 14.4. The second-order valence-electron chi connectivity index (χ2n) is 12.8. The van der Waals surface area contributed by atoms with Gasteiger partial charge in [-0.05, 0) is 62.2 Å². The Morgan fingerprint density at radius 1 is 1.32 bits per heavy atom. The highest BCUT2D eigenvalue weighted by Crippen LogP contribution is 2.69. The van der Waals surface area contributed by atoms with Crippen molar-refractivity contribution in [2.24, 2.45) is 28.6 Å². The number of nitrogens with zero attached hydrogens (tertiary/aromatic N) is 2. The van der Waals surface area contributed by atoms with Gasteiger partial charge in [0.25, 0.3) is 0 Å². The first-order valence-electron chi connectivity index (χ1n) is 14.6. The molecular formula is C31H37N3O5S. The summed E-state index contributed by atoms with van der Waals surface area (Å²) in [4.78, 5) is 38.6. The van der Waals surface area contributed by atoms with Crippen LogP contribution in [0.15, 0.2) is 47.4 Å². The molecule has 5 aliphatic rings. The van der Waals surface area contributed by atoms with E-state index in [1.807, 2.05) is 12.1 Å². The van der Waals surface area contributed by atoms with Crippen molar-refractivity contribution in [3.63, 3.8) is 0 Å². The Hall–Kier alpha value is -2.33. The summed E-state index contributed by atoms with van der Waals surface area (Å²) in [7, 11) is 0. The van der Waals surface area contributed by atoms with E-state index >= 15 is 0 Å². The quantitative estimate of drug-likeness (QED) is 0.483. The number of thioether (sulfide) groups is 1. The van der Waals surface area contributed by atoms with Gasteiger partial charge >= 0.3 is 0 Å². The van der Waals surface area contributed by atoms with Crippen molar-refractivity contribution in [1.82, 2.24) is 15.0 Å². The van der Waals surface area contributed by atoms with Crippen molar-refractivity contribution in [2.75, 3.05) is 5.75 Å². The standard InChI is InChI=1S/C31H37N3O5S/c1-4-5-26-38-25-13-20-19-7-6-17-12-18(35)8-10-29(17,2)27(19)23(36)14-30(20,3)31(25,39-26)24(37)16-40-28-33-21-9-11-32-15-22(21)34-28/h8-12,15,19-20,23,25-27,36H,4-7,13-14,16H2,1-3H3,(H,33,34)/t19?,20?,23-,25+,26?,27?,29?,30?,31+/m0/s1. The van der Waals surface area contributed by atoms with Crippen LogP contribution in [0, 0.1) is 28.6 Å². The molecule has 212 valence electrons. The van der Waals surface area contributed by atoms with Gasteiger partial charge in [0, 0.05) is 22.9 Å². The van der Waals surface area contributed by atoms with Crippen LogP contribution >= 0.6 is 11.8 Å². The number of hydrogen-bond acceptors (Lipinski definition) is 8. The zero-order chi connectivity index (χ0) is 27.9. The fraction of sp³-hybridized carbons (Fsp3) is 0.613. The summed E-state index contributed by atoms with van der Waals surface area (Å²) >= 11 is 1.38. The summed E-state index contributed by atoms with van der Waals surface area (Å²) in [5, 5.41) is 12.6. The number of ketones is 2. The number of pyridine rings is 1. The molecule has 1 saturated heterocycles. The Bertz CT molecular complexity index is 1400. The highest BCUT2D eigenvalue weighted by Gasteiger charge is 2.75. The molecule has 0 amide bonds. The lowest BCUT2D eigenvalue weighted by molar-refractivity contribution is -0.197. The minimum Gasteiger partial charge on any atom is -0.393 e. The van der Waals surface area contributed by atoms with Crippen molar-refractivity contribution in [2.45, 2.75) is 88.6 Å². The number of fused-ring (bicyclic) bond motifs is 8. The third-order valence-corrected chi connectivity index (χ3v) is 11.7. The molecule has 9 heteroatoms. The maximum absolute atomic E-state index is 14.4. The molecule has 4 fully saturated rings. The molecule has 3 heterocycles. The number of carbonyl (C=O) groups is 2. The molecule has 2 aromatic heterocycles. The van der Waals surface area contributed by atoms with E-state index in [4.69, 9.17) is 9.47 Å². The van der Waals surface area contributed by atoms with Gasteiger partial charge in [0.2, 0.25) is 0 Å². The van der Waals surface area contributed by atoms with Crippen LogP contribution < -0.4 is 0 Å². The predicted octanol–water partition coefficient (Wildman–Crippen LogP) is 4.79. The van der Waals surface area contributed by atoms with E-state index in [2.05, 4.69) is 35.7 Å². The average molecular weight is 564 g/mol. The lowest BCUT2D eigenvalue weighted by Crippen LogP contribution is -2.63. The number of allylic oxidation sites excluding steroid dienone is 4. The van der Waals surface area contributed by atoms with E-state index in [1.54, 1.807) is 24.5 Å². The summed E-state index contributed by atoms with van der Waals surface area (Å²) in [5.41, 5.74) is 0.743. The molecule has 2 N–H and O–H groups in total. The van der Waals surface area contributed by atoms with Crippen molar-refractivity contribution < 1.29 is 24.2 Å². The first kappa shape index (κ1) is 26.6. The van der Waals surface area contributed by atoms with Crippen molar-refractivity contribution in [3.8, 4) is 0 Å². The molecule has 6 unspecified atom stereocenters. The predicted molar refractivity (Wildman–Crippen MR) is 150 cm³/mol. The molecule has 3 saturated carbocycles. The Balaban J connectivity index is 1.22. The zero-order valence-corrected chi connectivity index (χ0v) is 24.1. The number of aliphatic hydroxyl groups excluding tert-OH is 1. The van der Waals surface area contributed by atoms with Gasteiger partial charge in [0.1, 0.15) is 0 Å². The van der Waals surface area contributed by atoms with Gasteiger partial charge in [-0.3, -0.25) is 14.6 Å². The highest BCUT2D eigenvalue weighted by molar-refractivity contribution is 7.99. The summed E-state index contributed by atoms with van der Waals surface area (Å²) in [6.45, 7) is 6.43. The number of aromatic amines is 1. The number of aromatic nitrogens is 3. The molecule has 0 bridgehead atoms. The average Bonchev–Trinajstić information content (AvgIpc) is 3.57. The smallest absolute Gasteiger partial charge is 0.178 e. The van der Waals surface area contributed by atoms with Crippen LogP contribution in [0.2, 0.25) is 0 Å². The van der Waals surface area contributed by atoms with Crippen LogP contribution in [-0.2, 0) is 19.1 Å². The van der Waals surface area contributed by atoms with Crippen LogP contribution in [0.1, 0.15) is 59.3 Å². The molecule has 0 aromatic carbocycles. The van der Waals surface area contributed by atoms with Gasteiger partial charge in [0.15, 0.2) is 28.6 Å². The molecule has 1 aliphatic heterocycles. The first-order chi connectivity index (χ1) is 19.2. The number of rotatable bonds is 6. The lowest BCUT2D eigenvalue weighted by Gasteiger charge is -2.59. The van der Waals surface area contributed by atoms with E-state index in [-0.39, 0.29) is 46.6 Å². The van der Waals surface area contributed by atoms with Gasteiger partial charge in [0.05, 0.1) is 35.2 Å². The summed E-state index contributed by atoms with van der Waals surface area (Å²) in [5.74, 6) is 0.615. The minimum atomic E-state index is -1.11. The number of hydrogen-bond donors (Lipinski definition) is 2. The molecule has 7 rings (SSSR count). The SMILES string of the molecule is CCCC1O[C@@H]2CC3C4CCC5=CC(=O)C=CC5(C)C4[C@@H](O)CC3(C)[C@]2(C(=O)CSc2nc3ccncc3[nH]2)O1. The summed E-state index contributed by atoms with van der Waals surface area (Å²) < 4.78 is 13.3. The molecule has 40 heavy (non-hydrogen) atoms. The van der Waals surface area contributed by atoms with Gasteiger partial charge in [-0.15, -0.1) is 0 Å². The second kappa shape index (κ2) is 9.34. The molecule has 2 aromatic rings. The van der Waals surface area contributed by atoms with E-state index < -0.39 is 23.4 Å². The van der Waals surface area contributed by atoms with Crippen molar-refractivity contribution in [3.05, 3.63) is 42.3 Å². The molecular weight excluding hydrogens is 526 g/mol. The van der Waals surface area contributed by atoms with E-state index in [9.17, 15) is 14.7 Å². The molecule has 4 aliphatic carbocycles. The number of Topliss-reactive ketones (excluding diaryl/α,β-unsaturated/α-hetero) is 1. The topological polar surface area (TPSA) is 114 Å². The monoisotopic (exact) mass is 563 g/mol. The fourth-order valence-corrected chi connectivity index (χ4v) is 9.98. The number of nitrogens with one attached hydrogen (secondary N) is 1. The van der Waals surface area contributed by atoms with Gasteiger partial charge in [-0.1, -0.05) is 50.6 Å². The Morgan fingerprint density at radius 3 is 2.98 bits per heavy atom. The summed E-state index contributed by atoms with van der Waals surface area (Å²) in [6.07, 6.45) is 12.1. The van der Waals surface area contributed by atoms with E-state index in [0.717, 1.165) is 48.7 Å². The Kier molecular flexibility index (Phi) is 6.20. The van der Waals surface area contributed by atoms with Gasteiger partial charge in [-0.2, -0.15) is 0 Å². The second-order valence-corrected chi connectivity index (χ2v) is 13.8. The maximum Gasteiger partial charge on any atom is 0.178 e. The molecule has 9 atom stereocenters. The fourth-order valence-electron chi connectivity index (χ4n) is 9.15. The third kappa shape index (κ3) is 3.63. The van der Waals surface area contributed by atoms with Crippen LogP contribution in [0.5, 0.6) is 0 Å². The first-order valence-corrected chi connectivity index (χ1v) is 15.6. The van der Waals surface area contributed by atoms with Crippen LogP contribution in [-0.4, -0.2) is 61.5 Å². The van der Waals surface area contributed by atoms with Crippen LogP contribution in [0.4, 0.5) is 0 Å². The van der Waals surface area contributed by atoms with Crippen LogP contribution in [0.25, 0.3) is 11.0 Å². The minimum absolute atomic E-state index is 0.00845. The Labute approximate surface area is 238 Å². The normalized spacial score (nSPS) is 41.8. The largest absolute Gasteiger partial charge is 0.393 e. The third-order valence-electron chi connectivity index (χ3n) is 10.8. The molecule has 0 radical (unpaired) electrons. The van der Waals surface area contributed by atoms with E-state index in [1.165, 1.54) is 11.8 Å². The van der Waals surface area contributed by atoms with E-state index in [0.29, 0.717) is 11.6 Å². The number of aliphatic hydroxyl groups is 1.